The third-order valence-corrected chi connectivity index (χ3v) is 3.46. The second kappa shape index (κ2) is 5.89. The molecular formula is C17H16N2O3. The Labute approximate surface area is 128 Å². The van der Waals surface area contributed by atoms with Gasteiger partial charge in [0.15, 0.2) is 5.76 Å². The average Bonchev–Trinajstić information content (AvgIpc) is 3.07. The van der Waals surface area contributed by atoms with Crippen LogP contribution in [0.1, 0.15) is 23.8 Å². The lowest BCUT2D eigenvalue weighted by Crippen LogP contribution is -2.46. The van der Waals surface area contributed by atoms with Gasteiger partial charge in [-0.05, 0) is 30.2 Å². The topological polar surface area (TPSA) is 55.0 Å². The van der Waals surface area contributed by atoms with Crippen molar-refractivity contribution in [2.45, 2.75) is 19.6 Å². The Bertz CT molecular complexity index is 702. The highest BCUT2D eigenvalue weighted by atomic mass is 16.6. The Kier molecular flexibility index (Phi) is 3.78. The third kappa shape index (κ3) is 2.65. The van der Waals surface area contributed by atoms with E-state index in [2.05, 4.69) is 11.7 Å². The SMILES string of the molecule is C=Cc1ccc(CN2C(=O)C(C)ON=C2c2ccco2)cc1. The molecule has 0 saturated heterocycles. The highest BCUT2D eigenvalue weighted by Gasteiger charge is 2.33. The van der Waals surface area contributed by atoms with E-state index in [0.29, 0.717) is 18.1 Å². The summed E-state index contributed by atoms with van der Waals surface area (Å²) in [6.45, 7) is 5.82. The highest BCUT2D eigenvalue weighted by molar-refractivity contribution is 6.08. The predicted molar refractivity (Wildman–Crippen MR) is 82.9 cm³/mol. The monoisotopic (exact) mass is 296 g/mol. The molecule has 1 aromatic heterocycles. The number of rotatable bonds is 4. The summed E-state index contributed by atoms with van der Waals surface area (Å²) in [5.41, 5.74) is 2.03. The molecule has 5 heteroatoms. The van der Waals surface area contributed by atoms with Crippen LogP contribution in [-0.2, 0) is 16.2 Å². The molecule has 0 saturated carbocycles. The molecule has 1 atom stereocenters. The second-order valence-corrected chi connectivity index (χ2v) is 5.01. The van der Waals surface area contributed by atoms with Gasteiger partial charge >= 0.3 is 0 Å². The van der Waals surface area contributed by atoms with Crippen LogP contribution >= 0.6 is 0 Å². The number of carbonyl (C=O) groups excluding carboxylic acids is 1. The quantitative estimate of drug-likeness (QED) is 0.871. The zero-order valence-corrected chi connectivity index (χ0v) is 12.2. The van der Waals surface area contributed by atoms with Gasteiger partial charge in [-0.2, -0.15) is 0 Å². The van der Waals surface area contributed by atoms with Crippen molar-refractivity contribution in [3.8, 4) is 0 Å². The number of carbonyl (C=O) groups is 1. The molecule has 0 spiro atoms. The van der Waals surface area contributed by atoms with Crippen LogP contribution < -0.4 is 0 Å². The number of nitrogens with zero attached hydrogens (tertiary/aromatic N) is 2. The molecule has 1 aliphatic rings. The number of hydrogen-bond donors (Lipinski definition) is 0. The number of oxime groups is 1. The summed E-state index contributed by atoms with van der Waals surface area (Å²) in [6, 6.07) is 11.3. The fourth-order valence-corrected chi connectivity index (χ4v) is 2.23. The minimum atomic E-state index is -0.605. The first-order chi connectivity index (χ1) is 10.7. The molecule has 0 N–H and O–H groups in total. The van der Waals surface area contributed by atoms with Gasteiger partial charge in [0.25, 0.3) is 5.91 Å². The van der Waals surface area contributed by atoms with E-state index >= 15 is 0 Å². The Balaban J connectivity index is 1.90. The molecule has 1 aliphatic heterocycles. The van der Waals surface area contributed by atoms with Crippen molar-refractivity contribution in [3.63, 3.8) is 0 Å². The molecule has 2 heterocycles. The summed E-state index contributed by atoms with van der Waals surface area (Å²) in [5, 5.41) is 4.03. The number of hydrogen-bond acceptors (Lipinski definition) is 4. The Hall–Kier alpha value is -2.82. The summed E-state index contributed by atoms with van der Waals surface area (Å²) in [4.78, 5) is 19.2. The third-order valence-electron chi connectivity index (χ3n) is 3.46. The molecule has 0 radical (unpaired) electrons. The first kappa shape index (κ1) is 14.1. The fraction of sp³-hybridized carbons (Fsp3) is 0.176. The summed E-state index contributed by atoms with van der Waals surface area (Å²) in [7, 11) is 0. The van der Waals surface area contributed by atoms with Crippen molar-refractivity contribution in [1.29, 1.82) is 0 Å². The van der Waals surface area contributed by atoms with Crippen LogP contribution in [0, 0.1) is 0 Å². The van der Waals surface area contributed by atoms with E-state index in [0.717, 1.165) is 11.1 Å². The van der Waals surface area contributed by atoms with Crippen molar-refractivity contribution >= 4 is 17.8 Å². The van der Waals surface area contributed by atoms with Gasteiger partial charge in [0, 0.05) is 0 Å². The highest BCUT2D eigenvalue weighted by Crippen LogP contribution is 2.19. The number of furan rings is 1. The molecule has 5 nitrogen and oxygen atoms in total. The normalized spacial score (nSPS) is 17.9. The van der Waals surface area contributed by atoms with Crippen LogP contribution in [0.2, 0.25) is 0 Å². The van der Waals surface area contributed by atoms with E-state index in [1.165, 1.54) is 6.26 Å². The number of amidine groups is 1. The minimum Gasteiger partial charge on any atom is -0.461 e. The van der Waals surface area contributed by atoms with E-state index in [4.69, 9.17) is 9.25 Å². The van der Waals surface area contributed by atoms with Gasteiger partial charge in [0.05, 0.1) is 12.8 Å². The molecule has 2 aromatic rings. The summed E-state index contributed by atoms with van der Waals surface area (Å²) in [6.07, 6.45) is 2.71. The zero-order valence-electron chi connectivity index (χ0n) is 12.2. The Morgan fingerprint density at radius 3 is 2.73 bits per heavy atom. The van der Waals surface area contributed by atoms with Gasteiger partial charge in [-0.25, -0.2) is 0 Å². The van der Waals surface area contributed by atoms with E-state index in [1.807, 2.05) is 24.3 Å². The van der Waals surface area contributed by atoms with Crippen molar-refractivity contribution in [2.24, 2.45) is 5.16 Å². The zero-order chi connectivity index (χ0) is 15.5. The molecule has 0 fully saturated rings. The maximum atomic E-state index is 12.4. The van der Waals surface area contributed by atoms with Crippen molar-refractivity contribution in [3.05, 3.63) is 66.1 Å². The summed E-state index contributed by atoms with van der Waals surface area (Å²) < 4.78 is 5.34. The molecule has 112 valence electrons. The summed E-state index contributed by atoms with van der Waals surface area (Å²) in [5.74, 6) is 0.748. The largest absolute Gasteiger partial charge is 0.461 e. The fourth-order valence-electron chi connectivity index (χ4n) is 2.23. The Morgan fingerprint density at radius 1 is 1.32 bits per heavy atom. The molecule has 0 aliphatic carbocycles. The molecule has 1 aromatic carbocycles. The Morgan fingerprint density at radius 2 is 2.09 bits per heavy atom. The lowest BCUT2D eigenvalue weighted by Gasteiger charge is -2.28. The summed E-state index contributed by atoms with van der Waals surface area (Å²) >= 11 is 0. The minimum absolute atomic E-state index is 0.144. The molecule has 3 rings (SSSR count). The molecule has 1 unspecified atom stereocenters. The molecule has 1 amide bonds. The van der Waals surface area contributed by atoms with Gasteiger partial charge in [-0.3, -0.25) is 9.69 Å². The maximum absolute atomic E-state index is 12.4. The van der Waals surface area contributed by atoms with Gasteiger partial charge < -0.3 is 9.25 Å². The molecule has 22 heavy (non-hydrogen) atoms. The number of benzene rings is 1. The van der Waals surface area contributed by atoms with Crippen LogP contribution in [0.15, 0.2) is 58.8 Å². The lowest BCUT2D eigenvalue weighted by atomic mass is 10.1. The first-order valence-electron chi connectivity index (χ1n) is 6.99. The molecule has 0 bridgehead atoms. The van der Waals surface area contributed by atoms with E-state index in [1.54, 1.807) is 30.0 Å². The van der Waals surface area contributed by atoms with Crippen LogP contribution in [-0.4, -0.2) is 22.7 Å². The van der Waals surface area contributed by atoms with E-state index < -0.39 is 6.10 Å². The standard InChI is InChI=1S/C17H16N2O3/c1-3-13-6-8-14(9-7-13)11-19-16(15-5-4-10-21-15)18-22-12(2)17(19)20/h3-10,12H,1,11H2,2H3. The van der Waals surface area contributed by atoms with Gasteiger partial charge in [-0.1, -0.05) is 42.1 Å². The lowest BCUT2D eigenvalue weighted by molar-refractivity contribution is -0.142. The predicted octanol–water partition coefficient (Wildman–Crippen LogP) is 3.03. The van der Waals surface area contributed by atoms with Crippen LogP contribution in [0.4, 0.5) is 0 Å². The first-order valence-corrected chi connectivity index (χ1v) is 6.99. The van der Waals surface area contributed by atoms with Crippen molar-refractivity contribution < 1.29 is 14.0 Å². The van der Waals surface area contributed by atoms with Crippen LogP contribution in [0.25, 0.3) is 6.08 Å². The van der Waals surface area contributed by atoms with Gasteiger partial charge in [0.1, 0.15) is 0 Å². The van der Waals surface area contributed by atoms with Crippen molar-refractivity contribution in [2.75, 3.05) is 0 Å². The average molecular weight is 296 g/mol. The van der Waals surface area contributed by atoms with Crippen LogP contribution in [0.3, 0.4) is 0 Å². The van der Waals surface area contributed by atoms with Gasteiger partial charge in [0.2, 0.25) is 11.9 Å². The van der Waals surface area contributed by atoms with Crippen LogP contribution in [0.5, 0.6) is 0 Å². The maximum Gasteiger partial charge on any atom is 0.272 e. The van der Waals surface area contributed by atoms with Gasteiger partial charge in [-0.15, -0.1) is 0 Å². The van der Waals surface area contributed by atoms with E-state index in [-0.39, 0.29) is 5.91 Å². The molecular weight excluding hydrogens is 280 g/mol. The second-order valence-electron chi connectivity index (χ2n) is 5.01. The van der Waals surface area contributed by atoms with Crippen molar-refractivity contribution in [1.82, 2.24) is 4.90 Å². The smallest absolute Gasteiger partial charge is 0.272 e. The van der Waals surface area contributed by atoms with E-state index in [9.17, 15) is 4.79 Å². The number of amides is 1.